The van der Waals surface area contributed by atoms with Crippen molar-refractivity contribution in [3.05, 3.63) is 35.6 Å². The van der Waals surface area contributed by atoms with Crippen LogP contribution in [0.4, 0.5) is 4.39 Å². The molecule has 1 aromatic rings. The molecule has 1 N–H and O–H groups in total. The van der Waals surface area contributed by atoms with Gasteiger partial charge in [-0.3, -0.25) is 4.79 Å². The van der Waals surface area contributed by atoms with Gasteiger partial charge in [-0.1, -0.05) is 38.0 Å². The first-order valence-corrected chi connectivity index (χ1v) is 7.04. The molecule has 0 bridgehead atoms. The van der Waals surface area contributed by atoms with Crippen LogP contribution < -0.4 is 0 Å². The maximum absolute atomic E-state index is 13.7. The lowest BCUT2D eigenvalue weighted by atomic mass is 9.74. The second-order valence-corrected chi connectivity index (χ2v) is 5.77. The van der Waals surface area contributed by atoms with Gasteiger partial charge in [0, 0.05) is 0 Å². The summed E-state index contributed by atoms with van der Waals surface area (Å²) in [6, 6.07) is 6.49. The fourth-order valence-corrected chi connectivity index (χ4v) is 3.20. The highest BCUT2D eigenvalue weighted by atomic mass is 19.1. The van der Waals surface area contributed by atoms with Gasteiger partial charge in [0.2, 0.25) is 0 Å². The minimum Gasteiger partial charge on any atom is -0.481 e. The molecule has 2 nitrogen and oxygen atoms in total. The molecule has 3 heteroatoms. The first kappa shape index (κ1) is 14.0. The first-order chi connectivity index (χ1) is 9.08. The molecule has 0 radical (unpaired) electrons. The average molecular weight is 264 g/mol. The molecule has 1 aromatic carbocycles. The first-order valence-electron chi connectivity index (χ1n) is 7.04. The van der Waals surface area contributed by atoms with E-state index in [0.717, 1.165) is 19.3 Å². The van der Waals surface area contributed by atoms with Crippen LogP contribution in [-0.2, 0) is 11.2 Å². The normalized spacial score (nSPS) is 24.9. The van der Waals surface area contributed by atoms with Gasteiger partial charge < -0.3 is 5.11 Å². The topological polar surface area (TPSA) is 37.3 Å². The zero-order chi connectivity index (χ0) is 13.8. The molecule has 0 saturated heterocycles. The molecular formula is C16H21FO2. The number of carboxylic acids is 1. The van der Waals surface area contributed by atoms with Gasteiger partial charge >= 0.3 is 5.97 Å². The predicted molar refractivity (Wildman–Crippen MR) is 72.4 cm³/mol. The number of hydrogen-bond donors (Lipinski definition) is 1. The van der Waals surface area contributed by atoms with Crippen LogP contribution in [0.2, 0.25) is 0 Å². The third-order valence-electron chi connectivity index (χ3n) is 4.26. The van der Waals surface area contributed by atoms with Crippen LogP contribution in [0.5, 0.6) is 0 Å². The lowest BCUT2D eigenvalue weighted by Crippen LogP contribution is -2.29. The molecule has 19 heavy (non-hydrogen) atoms. The Morgan fingerprint density at radius 3 is 2.79 bits per heavy atom. The SMILES string of the molecule is CC1CCCC(C(Cc2ccccc2F)C(=O)O)C1. The Labute approximate surface area is 113 Å². The third-order valence-corrected chi connectivity index (χ3v) is 4.26. The van der Waals surface area contributed by atoms with Crippen molar-refractivity contribution in [2.45, 2.75) is 39.0 Å². The summed E-state index contributed by atoms with van der Waals surface area (Å²) in [5.74, 6) is -0.776. The van der Waals surface area contributed by atoms with Gasteiger partial charge in [-0.2, -0.15) is 0 Å². The van der Waals surface area contributed by atoms with Crippen LogP contribution in [-0.4, -0.2) is 11.1 Å². The predicted octanol–water partition coefficient (Wildman–Crippen LogP) is 3.90. The standard InChI is InChI=1S/C16H21FO2/c1-11-5-4-7-12(9-11)14(16(18)19)10-13-6-2-3-8-15(13)17/h2-3,6,8,11-12,14H,4-5,7,9-10H2,1H3,(H,18,19). The van der Waals surface area contributed by atoms with E-state index >= 15 is 0 Å². The lowest BCUT2D eigenvalue weighted by Gasteiger charge is -2.31. The fraction of sp³-hybridized carbons (Fsp3) is 0.562. The minimum absolute atomic E-state index is 0.181. The van der Waals surface area contributed by atoms with Gasteiger partial charge in [-0.05, 0) is 42.7 Å². The molecule has 3 atom stereocenters. The van der Waals surface area contributed by atoms with E-state index in [0.29, 0.717) is 17.9 Å². The van der Waals surface area contributed by atoms with Gasteiger partial charge in [-0.15, -0.1) is 0 Å². The number of halogens is 1. The van der Waals surface area contributed by atoms with Crippen molar-refractivity contribution in [2.75, 3.05) is 0 Å². The van der Waals surface area contributed by atoms with Crippen molar-refractivity contribution < 1.29 is 14.3 Å². The number of rotatable bonds is 4. The van der Waals surface area contributed by atoms with Crippen molar-refractivity contribution in [3.63, 3.8) is 0 Å². The Morgan fingerprint density at radius 1 is 1.42 bits per heavy atom. The van der Waals surface area contributed by atoms with Gasteiger partial charge in [0.05, 0.1) is 5.92 Å². The molecule has 104 valence electrons. The number of hydrogen-bond acceptors (Lipinski definition) is 1. The Bertz CT molecular complexity index is 444. The number of carbonyl (C=O) groups is 1. The average Bonchev–Trinajstić information content (AvgIpc) is 2.37. The van der Waals surface area contributed by atoms with E-state index in [2.05, 4.69) is 6.92 Å². The second kappa shape index (κ2) is 6.18. The maximum atomic E-state index is 13.7. The molecule has 3 unspecified atom stereocenters. The van der Waals surface area contributed by atoms with E-state index in [1.54, 1.807) is 18.2 Å². The summed E-state index contributed by atoms with van der Waals surface area (Å²) in [5, 5.41) is 9.44. The van der Waals surface area contributed by atoms with Crippen LogP contribution in [0.3, 0.4) is 0 Å². The molecule has 2 rings (SSSR count). The number of benzene rings is 1. The quantitative estimate of drug-likeness (QED) is 0.895. The van der Waals surface area contributed by atoms with Crippen molar-refractivity contribution in [1.82, 2.24) is 0 Å². The Hall–Kier alpha value is -1.38. The monoisotopic (exact) mass is 264 g/mol. The summed E-state index contributed by atoms with van der Waals surface area (Å²) in [4.78, 5) is 11.5. The second-order valence-electron chi connectivity index (χ2n) is 5.77. The maximum Gasteiger partial charge on any atom is 0.307 e. The van der Waals surface area contributed by atoms with E-state index in [9.17, 15) is 14.3 Å². The molecule has 1 saturated carbocycles. The molecule has 1 fully saturated rings. The highest BCUT2D eigenvalue weighted by Gasteiger charge is 2.32. The van der Waals surface area contributed by atoms with Crippen LogP contribution in [0.1, 0.15) is 38.2 Å². The van der Waals surface area contributed by atoms with Crippen LogP contribution in [0.25, 0.3) is 0 Å². The summed E-state index contributed by atoms with van der Waals surface area (Å²) in [5.41, 5.74) is 0.521. The molecule has 0 aliphatic heterocycles. The third kappa shape index (κ3) is 3.55. The summed E-state index contributed by atoms with van der Waals surface area (Å²) < 4.78 is 13.7. The van der Waals surface area contributed by atoms with Crippen LogP contribution >= 0.6 is 0 Å². The highest BCUT2D eigenvalue weighted by molar-refractivity contribution is 5.70. The van der Waals surface area contributed by atoms with E-state index in [-0.39, 0.29) is 11.7 Å². The Morgan fingerprint density at radius 2 is 2.16 bits per heavy atom. The molecule has 1 aliphatic rings. The van der Waals surface area contributed by atoms with Crippen molar-refractivity contribution >= 4 is 5.97 Å². The highest BCUT2D eigenvalue weighted by Crippen LogP contribution is 2.35. The van der Waals surface area contributed by atoms with Crippen molar-refractivity contribution in [1.29, 1.82) is 0 Å². The van der Waals surface area contributed by atoms with E-state index in [1.807, 2.05) is 0 Å². The minimum atomic E-state index is -0.789. The fourth-order valence-electron chi connectivity index (χ4n) is 3.20. The molecule has 1 aliphatic carbocycles. The summed E-state index contributed by atoms with van der Waals surface area (Å²) in [6.07, 6.45) is 4.48. The molecule has 0 heterocycles. The van der Waals surface area contributed by atoms with Crippen molar-refractivity contribution in [3.8, 4) is 0 Å². The van der Waals surface area contributed by atoms with Gasteiger partial charge in [0.15, 0.2) is 0 Å². The van der Waals surface area contributed by atoms with E-state index in [1.165, 1.54) is 12.5 Å². The largest absolute Gasteiger partial charge is 0.481 e. The molecule has 0 amide bonds. The van der Waals surface area contributed by atoms with E-state index in [4.69, 9.17) is 0 Å². The Balaban J connectivity index is 2.12. The lowest BCUT2D eigenvalue weighted by molar-refractivity contribution is -0.144. The van der Waals surface area contributed by atoms with Gasteiger partial charge in [-0.25, -0.2) is 4.39 Å². The molecular weight excluding hydrogens is 243 g/mol. The summed E-state index contributed by atoms with van der Waals surface area (Å²) in [6.45, 7) is 2.17. The van der Waals surface area contributed by atoms with E-state index < -0.39 is 11.9 Å². The van der Waals surface area contributed by atoms with Crippen LogP contribution in [0.15, 0.2) is 24.3 Å². The van der Waals surface area contributed by atoms with Crippen LogP contribution in [0, 0.1) is 23.6 Å². The molecule has 0 aromatic heterocycles. The summed E-state index contributed by atoms with van der Waals surface area (Å²) >= 11 is 0. The van der Waals surface area contributed by atoms with Gasteiger partial charge in [0.1, 0.15) is 5.82 Å². The zero-order valence-electron chi connectivity index (χ0n) is 11.3. The summed E-state index contributed by atoms with van der Waals surface area (Å²) in [7, 11) is 0. The number of aliphatic carboxylic acids is 1. The molecule has 0 spiro atoms. The Kier molecular flexibility index (Phi) is 4.56. The smallest absolute Gasteiger partial charge is 0.307 e. The van der Waals surface area contributed by atoms with Gasteiger partial charge in [0.25, 0.3) is 0 Å². The zero-order valence-corrected chi connectivity index (χ0v) is 11.3. The van der Waals surface area contributed by atoms with Crippen molar-refractivity contribution in [2.24, 2.45) is 17.8 Å². The number of carboxylic acid groups (broad SMARTS) is 1.